The number of carbonyl (C=O) groups is 2. The van der Waals surface area contributed by atoms with Gasteiger partial charge in [-0.3, -0.25) is 13.9 Å². The first-order valence-corrected chi connectivity index (χ1v) is 14.7. The summed E-state index contributed by atoms with van der Waals surface area (Å²) in [5.41, 5.74) is 2.04. The standard InChI is InChI=1S/C29H34BrN3O4S/c1-21(2)18-31-29(35)23(4)32(19-24-11-9-12-25(30)17-24)28(34)20-33(26-13-8-10-22(3)16-26)38(36,37)27-14-6-5-7-15-27/h5-17,21,23H,18-20H2,1-4H3,(H,31,35)/t23-/m0/s1. The van der Waals surface area contributed by atoms with Crippen molar-refractivity contribution < 1.29 is 18.0 Å². The maximum atomic E-state index is 13.9. The average Bonchev–Trinajstić information content (AvgIpc) is 2.88. The minimum Gasteiger partial charge on any atom is -0.354 e. The van der Waals surface area contributed by atoms with Crippen LogP contribution in [0.1, 0.15) is 31.9 Å². The Morgan fingerprint density at radius 1 is 0.921 bits per heavy atom. The monoisotopic (exact) mass is 599 g/mol. The Morgan fingerprint density at radius 3 is 2.24 bits per heavy atom. The van der Waals surface area contributed by atoms with Crippen LogP contribution in [0.2, 0.25) is 0 Å². The molecule has 0 unspecified atom stereocenters. The molecule has 0 radical (unpaired) electrons. The van der Waals surface area contributed by atoms with Gasteiger partial charge in [-0.1, -0.05) is 72.2 Å². The zero-order valence-electron chi connectivity index (χ0n) is 22.1. The predicted octanol–water partition coefficient (Wildman–Crippen LogP) is 5.14. The number of benzene rings is 3. The highest BCUT2D eigenvalue weighted by atomic mass is 79.9. The molecule has 202 valence electrons. The zero-order chi connectivity index (χ0) is 27.9. The third kappa shape index (κ3) is 7.68. The van der Waals surface area contributed by atoms with E-state index in [4.69, 9.17) is 0 Å². The third-order valence-electron chi connectivity index (χ3n) is 5.99. The second-order valence-corrected chi connectivity index (χ2v) is 12.4. The number of hydrogen-bond donors (Lipinski definition) is 1. The smallest absolute Gasteiger partial charge is 0.264 e. The molecule has 0 spiro atoms. The van der Waals surface area contributed by atoms with Crippen molar-refractivity contribution in [3.63, 3.8) is 0 Å². The number of nitrogens with zero attached hydrogens (tertiary/aromatic N) is 2. The third-order valence-corrected chi connectivity index (χ3v) is 8.27. The molecule has 0 aliphatic rings. The highest BCUT2D eigenvalue weighted by molar-refractivity contribution is 9.10. The fourth-order valence-corrected chi connectivity index (χ4v) is 5.77. The normalized spacial score (nSPS) is 12.2. The molecule has 0 saturated carbocycles. The molecule has 2 amide bonds. The number of hydrogen-bond acceptors (Lipinski definition) is 4. The van der Waals surface area contributed by atoms with Gasteiger partial charge in [0, 0.05) is 17.6 Å². The van der Waals surface area contributed by atoms with Gasteiger partial charge in [0.15, 0.2) is 0 Å². The quantitative estimate of drug-likeness (QED) is 0.330. The second kappa shape index (κ2) is 13.1. The van der Waals surface area contributed by atoms with Crippen LogP contribution in [0.3, 0.4) is 0 Å². The predicted molar refractivity (Wildman–Crippen MR) is 154 cm³/mol. The van der Waals surface area contributed by atoms with Crippen LogP contribution in [-0.2, 0) is 26.2 Å². The summed E-state index contributed by atoms with van der Waals surface area (Å²) in [4.78, 5) is 28.4. The van der Waals surface area contributed by atoms with Gasteiger partial charge in [-0.25, -0.2) is 8.42 Å². The summed E-state index contributed by atoms with van der Waals surface area (Å²) in [6, 6.07) is 21.7. The first-order valence-electron chi connectivity index (χ1n) is 12.4. The summed E-state index contributed by atoms with van der Waals surface area (Å²) in [7, 11) is -4.07. The Bertz CT molecular complexity index is 1360. The van der Waals surface area contributed by atoms with E-state index < -0.39 is 28.5 Å². The molecule has 9 heteroatoms. The van der Waals surface area contributed by atoms with Gasteiger partial charge < -0.3 is 10.2 Å². The van der Waals surface area contributed by atoms with Gasteiger partial charge in [-0.2, -0.15) is 0 Å². The number of carbonyl (C=O) groups excluding carboxylic acids is 2. The molecule has 1 N–H and O–H groups in total. The molecule has 3 rings (SSSR count). The van der Waals surface area contributed by atoms with Crippen molar-refractivity contribution in [2.45, 2.75) is 45.2 Å². The summed E-state index contributed by atoms with van der Waals surface area (Å²) in [6.07, 6.45) is 0. The zero-order valence-corrected chi connectivity index (χ0v) is 24.5. The summed E-state index contributed by atoms with van der Waals surface area (Å²) in [5, 5.41) is 2.89. The van der Waals surface area contributed by atoms with Crippen molar-refractivity contribution in [1.29, 1.82) is 0 Å². The molecule has 38 heavy (non-hydrogen) atoms. The first kappa shape index (κ1) is 29.4. The number of nitrogens with one attached hydrogen (secondary N) is 1. The lowest BCUT2D eigenvalue weighted by Gasteiger charge is -2.32. The molecular formula is C29H34BrN3O4S. The molecule has 0 aliphatic heterocycles. The van der Waals surface area contributed by atoms with Crippen LogP contribution in [0.25, 0.3) is 0 Å². The molecule has 7 nitrogen and oxygen atoms in total. The lowest BCUT2D eigenvalue weighted by atomic mass is 10.1. The van der Waals surface area contributed by atoms with Crippen LogP contribution in [0.4, 0.5) is 5.69 Å². The maximum Gasteiger partial charge on any atom is 0.264 e. The van der Waals surface area contributed by atoms with E-state index in [1.807, 2.05) is 51.1 Å². The van der Waals surface area contributed by atoms with Crippen LogP contribution in [0.5, 0.6) is 0 Å². The highest BCUT2D eigenvalue weighted by Crippen LogP contribution is 2.25. The Hall–Kier alpha value is -3.17. The lowest BCUT2D eigenvalue weighted by molar-refractivity contribution is -0.139. The van der Waals surface area contributed by atoms with Gasteiger partial charge in [0.2, 0.25) is 11.8 Å². The number of halogens is 1. The van der Waals surface area contributed by atoms with Crippen LogP contribution in [0, 0.1) is 12.8 Å². The second-order valence-electron chi connectivity index (χ2n) is 9.63. The maximum absolute atomic E-state index is 13.9. The molecule has 0 fully saturated rings. The molecule has 0 bridgehead atoms. The van der Waals surface area contributed by atoms with Crippen LogP contribution in [-0.4, -0.2) is 44.3 Å². The lowest BCUT2D eigenvalue weighted by Crippen LogP contribution is -2.51. The molecule has 0 aromatic heterocycles. The van der Waals surface area contributed by atoms with E-state index in [1.54, 1.807) is 43.3 Å². The van der Waals surface area contributed by atoms with E-state index >= 15 is 0 Å². The Balaban J connectivity index is 2.00. The Labute approximate surface area is 234 Å². The molecule has 0 aliphatic carbocycles. The van der Waals surface area contributed by atoms with Crippen molar-refractivity contribution in [2.24, 2.45) is 5.92 Å². The molecular weight excluding hydrogens is 566 g/mol. The van der Waals surface area contributed by atoms with Crippen molar-refractivity contribution in [3.8, 4) is 0 Å². The van der Waals surface area contributed by atoms with E-state index in [2.05, 4.69) is 21.2 Å². The van der Waals surface area contributed by atoms with Crippen LogP contribution < -0.4 is 9.62 Å². The van der Waals surface area contributed by atoms with Crippen LogP contribution >= 0.6 is 15.9 Å². The molecule has 0 heterocycles. The molecule has 3 aromatic rings. The van der Waals surface area contributed by atoms with E-state index in [9.17, 15) is 18.0 Å². The SMILES string of the molecule is Cc1cccc(N(CC(=O)N(Cc2cccc(Br)c2)[C@@H](C)C(=O)NCC(C)C)S(=O)(=O)c2ccccc2)c1. The highest BCUT2D eigenvalue weighted by Gasteiger charge is 2.32. The van der Waals surface area contributed by atoms with Gasteiger partial charge in [0.25, 0.3) is 10.0 Å². The average molecular weight is 601 g/mol. The number of rotatable bonds is 11. The van der Waals surface area contributed by atoms with Crippen molar-refractivity contribution in [2.75, 3.05) is 17.4 Å². The van der Waals surface area contributed by atoms with Crippen molar-refractivity contribution in [3.05, 3.63) is 94.5 Å². The summed E-state index contributed by atoms with van der Waals surface area (Å²) < 4.78 is 29.5. The van der Waals surface area contributed by atoms with Gasteiger partial charge in [-0.15, -0.1) is 0 Å². The van der Waals surface area contributed by atoms with Gasteiger partial charge >= 0.3 is 0 Å². The van der Waals surface area contributed by atoms with Gasteiger partial charge in [0.05, 0.1) is 10.6 Å². The summed E-state index contributed by atoms with van der Waals surface area (Å²) >= 11 is 3.46. The molecule has 1 atom stereocenters. The molecule has 0 saturated heterocycles. The topological polar surface area (TPSA) is 86.8 Å². The van der Waals surface area contributed by atoms with E-state index in [-0.39, 0.29) is 23.3 Å². The summed E-state index contributed by atoms with van der Waals surface area (Å²) in [6.45, 7) is 7.65. The van der Waals surface area contributed by atoms with Crippen LogP contribution in [0.15, 0.2) is 88.2 Å². The fourth-order valence-electron chi connectivity index (χ4n) is 3.90. The van der Waals surface area contributed by atoms with Crippen molar-refractivity contribution in [1.82, 2.24) is 10.2 Å². The number of amides is 2. The Kier molecular flexibility index (Phi) is 10.1. The summed E-state index contributed by atoms with van der Waals surface area (Å²) in [5.74, 6) is -0.540. The van der Waals surface area contributed by atoms with E-state index in [1.165, 1.54) is 17.0 Å². The minimum atomic E-state index is -4.07. The molecule has 3 aromatic carbocycles. The minimum absolute atomic E-state index is 0.0792. The van der Waals surface area contributed by atoms with E-state index in [0.717, 1.165) is 19.9 Å². The largest absolute Gasteiger partial charge is 0.354 e. The Morgan fingerprint density at radius 2 is 1.61 bits per heavy atom. The first-order chi connectivity index (χ1) is 18.0. The van der Waals surface area contributed by atoms with E-state index in [0.29, 0.717) is 12.2 Å². The number of anilines is 1. The van der Waals surface area contributed by atoms with Crippen molar-refractivity contribution >= 4 is 43.5 Å². The number of aryl methyl sites for hydroxylation is 1. The fraction of sp³-hybridized carbons (Fsp3) is 0.310. The van der Waals surface area contributed by atoms with Gasteiger partial charge in [-0.05, 0) is 67.3 Å². The van der Waals surface area contributed by atoms with Gasteiger partial charge in [0.1, 0.15) is 12.6 Å². The number of sulfonamides is 1.